The van der Waals surface area contributed by atoms with Gasteiger partial charge < -0.3 is 0 Å². The number of halogens is 4. The van der Waals surface area contributed by atoms with Gasteiger partial charge in [-0.25, -0.2) is 13.1 Å². The Morgan fingerprint density at radius 3 is 2.31 bits per heavy atom. The zero-order chi connectivity index (χ0) is 12.7. The lowest BCUT2D eigenvalue weighted by molar-refractivity contribution is -0.165. The van der Waals surface area contributed by atoms with Crippen LogP contribution < -0.4 is 0 Å². The molecule has 0 saturated heterocycles. The van der Waals surface area contributed by atoms with E-state index in [1.807, 2.05) is 0 Å². The van der Waals surface area contributed by atoms with Crippen LogP contribution in [-0.2, 0) is 9.84 Å². The summed E-state index contributed by atoms with van der Waals surface area (Å²) in [5, 5.41) is 2.80. The van der Waals surface area contributed by atoms with Gasteiger partial charge in [0.1, 0.15) is 16.1 Å². The first-order valence-electron chi connectivity index (χ1n) is 4.05. The number of nitrogens with zero attached hydrogens (tertiary/aromatic N) is 2. The summed E-state index contributed by atoms with van der Waals surface area (Å²) < 4.78 is 59.7. The molecule has 1 aromatic heterocycles. The molecule has 1 atom stereocenters. The number of alkyl halides is 3. The van der Waals surface area contributed by atoms with Crippen LogP contribution in [0.4, 0.5) is 13.2 Å². The smallest absolute Gasteiger partial charge is 0.241 e. The average molecular weight is 277 g/mol. The fourth-order valence-electron chi connectivity index (χ4n) is 0.989. The monoisotopic (exact) mass is 276 g/mol. The van der Waals surface area contributed by atoms with Crippen molar-refractivity contribution in [2.75, 3.05) is 6.26 Å². The molecular weight excluding hydrogens is 269 g/mol. The van der Waals surface area contributed by atoms with Crippen molar-refractivity contribution in [3.63, 3.8) is 0 Å². The van der Waals surface area contributed by atoms with Gasteiger partial charge in [0, 0.05) is 6.26 Å². The van der Waals surface area contributed by atoms with Crippen molar-refractivity contribution >= 4 is 21.4 Å². The van der Waals surface area contributed by atoms with Crippen LogP contribution in [0.5, 0.6) is 0 Å². The molecule has 4 nitrogen and oxygen atoms in total. The van der Waals surface area contributed by atoms with E-state index in [4.69, 9.17) is 11.6 Å². The van der Waals surface area contributed by atoms with Gasteiger partial charge in [0.15, 0.2) is 9.84 Å². The van der Waals surface area contributed by atoms with Crippen molar-refractivity contribution < 1.29 is 21.6 Å². The molecule has 0 N–H and O–H groups in total. The normalized spacial score (nSPS) is 15.1. The Balaban J connectivity index is 3.26. The largest absolute Gasteiger partial charge is 0.410 e. The van der Waals surface area contributed by atoms with Crippen molar-refractivity contribution in [3.05, 3.63) is 11.3 Å². The molecule has 0 spiro atoms. The van der Waals surface area contributed by atoms with E-state index in [1.54, 1.807) is 0 Å². The first-order valence-corrected chi connectivity index (χ1v) is 6.32. The topological polar surface area (TPSA) is 52.0 Å². The molecule has 0 aliphatic rings. The number of hydrogen-bond donors (Lipinski definition) is 0. The Hall–Kier alpha value is -0.760. The van der Waals surface area contributed by atoms with Crippen molar-refractivity contribution in [3.8, 4) is 0 Å². The maximum Gasteiger partial charge on any atom is 0.410 e. The van der Waals surface area contributed by atoms with Crippen LogP contribution in [0.25, 0.3) is 0 Å². The number of hydrogen-bond acceptors (Lipinski definition) is 3. The van der Waals surface area contributed by atoms with E-state index in [-0.39, 0.29) is 0 Å². The molecule has 16 heavy (non-hydrogen) atoms. The summed E-state index contributed by atoms with van der Waals surface area (Å²) in [7, 11) is -3.67. The van der Waals surface area contributed by atoms with Crippen LogP contribution in [0.2, 0.25) is 5.15 Å². The molecule has 1 heterocycles. The Bertz CT molecular complexity index is 494. The highest BCUT2D eigenvalue weighted by molar-refractivity contribution is 7.90. The zero-order valence-corrected chi connectivity index (χ0v) is 9.86. The molecule has 0 aliphatic carbocycles. The minimum Gasteiger partial charge on any atom is -0.241 e. The lowest BCUT2D eigenvalue weighted by Crippen LogP contribution is -2.24. The Morgan fingerprint density at radius 2 is 2.00 bits per heavy atom. The molecular formula is C7H8ClF3N2O2S. The third-order valence-corrected chi connectivity index (χ3v) is 3.53. The lowest BCUT2D eigenvalue weighted by atomic mass is 10.3. The summed E-state index contributed by atoms with van der Waals surface area (Å²) >= 11 is 5.53. The Labute approximate surface area is 94.9 Å². The fraction of sp³-hybridized carbons (Fsp3) is 0.571. The maximum absolute atomic E-state index is 12.4. The van der Waals surface area contributed by atoms with Crippen LogP contribution in [0.1, 0.15) is 13.0 Å². The number of rotatable bonds is 2. The standard InChI is InChI=1S/C7H8ClF3N2O2S/c1-4(7(9,10)11)13-6(8)5(3-12-13)16(2,14)15/h3-4H,1-2H3. The molecule has 92 valence electrons. The number of sulfone groups is 1. The maximum atomic E-state index is 12.4. The molecule has 0 aromatic carbocycles. The highest BCUT2D eigenvalue weighted by atomic mass is 35.5. The van der Waals surface area contributed by atoms with E-state index in [2.05, 4.69) is 5.10 Å². The van der Waals surface area contributed by atoms with Gasteiger partial charge in [-0.05, 0) is 6.92 Å². The molecule has 0 saturated carbocycles. The first-order chi connectivity index (χ1) is 7.05. The zero-order valence-electron chi connectivity index (χ0n) is 8.29. The summed E-state index contributed by atoms with van der Waals surface area (Å²) in [6.45, 7) is 0.838. The van der Waals surface area contributed by atoms with Gasteiger partial charge in [0.05, 0.1) is 6.20 Å². The molecule has 0 bridgehead atoms. The molecule has 0 amide bonds. The van der Waals surface area contributed by atoms with E-state index in [9.17, 15) is 21.6 Å². The third-order valence-electron chi connectivity index (χ3n) is 1.94. The van der Waals surface area contributed by atoms with E-state index in [1.165, 1.54) is 0 Å². The Kier molecular flexibility index (Phi) is 3.26. The molecule has 9 heteroatoms. The van der Waals surface area contributed by atoms with Gasteiger partial charge in [0.25, 0.3) is 0 Å². The minimum atomic E-state index is -4.54. The van der Waals surface area contributed by atoms with Gasteiger partial charge in [0.2, 0.25) is 0 Å². The van der Waals surface area contributed by atoms with Crippen LogP contribution >= 0.6 is 11.6 Å². The second-order valence-corrected chi connectivity index (χ2v) is 5.58. The predicted molar refractivity (Wildman–Crippen MR) is 51.1 cm³/mol. The molecule has 1 aromatic rings. The van der Waals surface area contributed by atoms with Crippen LogP contribution in [-0.4, -0.2) is 30.6 Å². The molecule has 0 radical (unpaired) electrons. The highest BCUT2D eigenvalue weighted by Crippen LogP contribution is 2.33. The first kappa shape index (κ1) is 13.3. The lowest BCUT2D eigenvalue weighted by Gasteiger charge is -2.16. The van der Waals surface area contributed by atoms with Crippen molar-refractivity contribution in [2.24, 2.45) is 0 Å². The quantitative estimate of drug-likeness (QED) is 0.831. The van der Waals surface area contributed by atoms with E-state index < -0.39 is 32.1 Å². The predicted octanol–water partition coefficient (Wildman–Crippen LogP) is 2.06. The summed E-state index contributed by atoms with van der Waals surface area (Å²) in [5.74, 6) is 0. The second kappa shape index (κ2) is 3.92. The summed E-state index contributed by atoms with van der Waals surface area (Å²) in [6.07, 6.45) is -2.89. The highest BCUT2D eigenvalue weighted by Gasteiger charge is 2.39. The van der Waals surface area contributed by atoms with Gasteiger partial charge in [-0.1, -0.05) is 11.6 Å². The molecule has 1 rings (SSSR count). The van der Waals surface area contributed by atoms with Crippen molar-refractivity contribution in [1.29, 1.82) is 0 Å². The summed E-state index contributed by atoms with van der Waals surface area (Å²) in [4.78, 5) is -0.412. The van der Waals surface area contributed by atoms with Gasteiger partial charge in [-0.15, -0.1) is 0 Å². The summed E-state index contributed by atoms with van der Waals surface area (Å²) in [5.41, 5.74) is 0. The minimum absolute atomic E-state index is 0.412. The van der Waals surface area contributed by atoms with Gasteiger partial charge in [-0.2, -0.15) is 18.3 Å². The van der Waals surface area contributed by atoms with Crippen molar-refractivity contribution in [1.82, 2.24) is 9.78 Å². The number of aromatic nitrogens is 2. The van der Waals surface area contributed by atoms with Crippen LogP contribution in [0, 0.1) is 0 Å². The fourth-order valence-corrected chi connectivity index (χ4v) is 2.29. The Morgan fingerprint density at radius 1 is 1.50 bits per heavy atom. The van der Waals surface area contributed by atoms with E-state index >= 15 is 0 Å². The SMILES string of the molecule is CC(n1ncc(S(C)(=O)=O)c1Cl)C(F)(F)F. The summed E-state index contributed by atoms with van der Waals surface area (Å²) in [6, 6.07) is -1.98. The third kappa shape index (κ3) is 2.49. The van der Waals surface area contributed by atoms with Gasteiger partial charge in [-0.3, -0.25) is 0 Å². The molecule has 0 fully saturated rings. The average Bonchev–Trinajstić information content (AvgIpc) is 2.42. The molecule has 1 unspecified atom stereocenters. The van der Waals surface area contributed by atoms with Gasteiger partial charge >= 0.3 is 6.18 Å². The van der Waals surface area contributed by atoms with E-state index in [0.717, 1.165) is 19.4 Å². The van der Waals surface area contributed by atoms with Crippen LogP contribution in [0.15, 0.2) is 11.1 Å². The second-order valence-electron chi connectivity index (χ2n) is 3.23. The van der Waals surface area contributed by atoms with Crippen molar-refractivity contribution in [2.45, 2.75) is 24.0 Å². The van der Waals surface area contributed by atoms with E-state index in [0.29, 0.717) is 4.68 Å². The van der Waals surface area contributed by atoms with Crippen LogP contribution in [0.3, 0.4) is 0 Å². The molecule has 0 aliphatic heterocycles.